The molecule has 0 bridgehead atoms. The van der Waals surface area contributed by atoms with Crippen LogP contribution in [0, 0.1) is 28.4 Å². The number of anilines is 1. The number of carboxylic acid groups (broad SMARTS) is 1. The second kappa shape index (κ2) is 6.51. The van der Waals surface area contributed by atoms with Gasteiger partial charge < -0.3 is 10.4 Å². The summed E-state index contributed by atoms with van der Waals surface area (Å²) < 4.78 is 0. The minimum Gasteiger partial charge on any atom is -0.481 e. The van der Waals surface area contributed by atoms with Crippen LogP contribution in [0.4, 0.5) is 11.5 Å². The summed E-state index contributed by atoms with van der Waals surface area (Å²) in [6, 6.07) is 1.41. The molecule has 1 aromatic rings. The molecule has 1 unspecified atom stereocenters. The molecule has 0 aliphatic rings. The number of hydrogen-bond donors (Lipinski definition) is 2. The van der Waals surface area contributed by atoms with Gasteiger partial charge in [-0.25, -0.2) is 4.98 Å². The van der Waals surface area contributed by atoms with Crippen LogP contribution >= 0.6 is 0 Å². The fraction of sp³-hybridized carbons (Fsp3) is 0.571. The molecule has 1 heterocycles. The average molecular weight is 295 g/mol. The summed E-state index contributed by atoms with van der Waals surface area (Å²) in [6.07, 6.45) is 1.69. The maximum Gasteiger partial charge on any atom is 0.308 e. The first-order chi connectivity index (χ1) is 9.60. The average Bonchev–Trinajstić information content (AvgIpc) is 2.33. The zero-order valence-electron chi connectivity index (χ0n) is 12.7. The highest BCUT2D eigenvalue weighted by Crippen LogP contribution is 2.25. The molecule has 7 nitrogen and oxygen atoms in total. The Hall–Kier alpha value is -2.18. The van der Waals surface area contributed by atoms with Crippen LogP contribution in [0.2, 0.25) is 0 Å². The van der Waals surface area contributed by atoms with Gasteiger partial charge in [-0.15, -0.1) is 0 Å². The maximum atomic E-state index is 11.3. The van der Waals surface area contributed by atoms with Gasteiger partial charge in [-0.1, -0.05) is 20.8 Å². The molecule has 21 heavy (non-hydrogen) atoms. The quantitative estimate of drug-likeness (QED) is 0.617. The van der Waals surface area contributed by atoms with E-state index in [0.717, 1.165) is 6.20 Å². The van der Waals surface area contributed by atoms with Gasteiger partial charge in [0.2, 0.25) is 0 Å². The number of carbonyl (C=O) groups is 1. The Morgan fingerprint density at radius 2 is 2.14 bits per heavy atom. The molecule has 0 saturated heterocycles. The van der Waals surface area contributed by atoms with Gasteiger partial charge in [-0.3, -0.25) is 14.9 Å². The minimum atomic E-state index is -0.864. The Balaban J connectivity index is 2.77. The molecular formula is C14H21N3O4. The minimum absolute atomic E-state index is 0.0810. The lowest BCUT2D eigenvalue weighted by Gasteiger charge is -2.23. The topological polar surface area (TPSA) is 105 Å². The van der Waals surface area contributed by atoms with Crippen molar-refractivity contribution in [1.29, 1.82) is 0 Å². The molecule has 1 aromatic heterocycles. The van der Waals surface area contributed by atoms with Crippen LogP contribution in [0.15, 0.2) is 12.3 Å². The lowest BCUT2D eigenvalue weighted by Crippen LogP contribution is -2.27. The van der Waals surface area contributed by atoms with E-state index in [1.807, 2.05) is 20.8 Å². The molecule has 0 spiro atoms. The lowest BCUT2D eigenvalue weighted by molar-refractivity contribution is -0.385. The third-order valence-corrected chi connectivity index (χ3v) is 3.00. The molecule has 0 saturated carbocycles. The van der Waals surface area contributed by atoms with Crippen molar-refractivity contribution in [2.24, 2.45) is 11.3 Å². The van der Waals surface area contributed by atoms with E-state index in [1.165, 1.54) is 6.07 Å². The molecule has 0 amide bonds. The first-order valence-corrected chi connectivity index (χ1v) is 6.68. The number of aromatic nitrogens is 1. The normalized spacial score (nSPS) is 12.8. The van der Waals surface area contributed by atoms with Crippen LogP contribution < -0.4 is 5.32 Å². The summed E-state index contributed by atoms with van der Waals surface area (Å²) in [5.74, 6) is -0.931. The van der Waals surface area contributed by atoms with Gasteiger partial charge >= 0.3 is 5.97 Å². The second-order valence-corrected chi connectivity index (χ2v) is 6.30. The zero-order valence-corrected chi connectivity index (χ0v) is 12.7. The Labute approximate surface area is 123 Å². The largest absolute Gasteiger partial charge is 0.481 e. The smallest absolute Gasteiger partial charge is 0.308 e. The summed E-state index contributed by atoms with van der Waals surface area (Å²) in [6.45, 7) is 7.88. The van der Waals surface area contributed by atoms with Gasteiger partial charge in [0.25, 0.3) is 5.69 Å². The number of hydrogen-bond acceptors (Lipinski definition) is 5. The number of nitrogens with zero attached hydrogens (tertiary/aromatic N) is 2. The van der Waals surface area contributed by atoms with Crippen LogP contribution in [0.3, 0.4) is 0 Å². The first kappa shape index (κ1) is 16.9. The van der Waals surface area contributed by atoms with E-state index in [4.69, 9.17) is 0 Å². The second-order valence-electron chi connectivity index (χ2n) is 6.30. The first-order valence-electron chi connectivity index (χ1n) is 6.68. The molecule has 0 radical (unpaired) electrons. The van der Waals surface area contributed by atoms with E-state index in [-0.39, 0.29) is 17.6 Å². The predicted molar refractivity (Wildman–Crippen MR) is 79.3 cm³/mol. The Bertz CT molecular complexity index is 538. The molecule has 1 atom stereocenters. The van der Waals surface area contributed by atoms with Crippen LogP contribution in [-0.2, 0) is 4.79 Å². The van der Waals surface area contributed by atoms with Crippen molar-refractivity contribution >= 4 is 17.5 Å². The summed E-state index contributed by atoms with van der Waals surface area (Å²) in [5.41, 5.74) is 0.439. The third kappa shape index (κ3) is 5.37. The number of rotatable bonds is 6. The number of nitrogens with one attached hydrogen (secondary N) is 1. The van der Waals surface area contributed by atoms with E-state index >= 15 is 0 Å². The fourth-order valence-electron chi connectivity index (χ4n) is 2.05. The Morgan fingerprint density at radius 1 is 1.52 bits per heavy atom. The molecule has 0 aliphatic carbocycles. The van der Waals surface area contributed by atoms with Gasteiger partial charge in [0.05, 0.1) is 10.8 Å². The molecule has 0 aliphatic heterocycles. The van der Waals surface area contributed by atoms with Crippen LogP contribution in [0.5, 0.6) is 0 Å². The summed E-state index contributed by atoms with van der Waals surface area (Å²) in [4.78, 5) is 25.4. The maximum absolute atomic E-state index is 11.3. The Kier molecular flexibility index (Phi) is 5.23. The van der Waals surface area contributed by atoms with Gasteiger partial charge in [0.15, 0.2) is 0 Å². The van der Waals surface area contributed by atoms with Crippen LogP contribution in [0.25, 0.3) is 0 Å². The number of carboxylic acids is 1. The van der Waals surface area contributed by atoms with Crippen LogP contribution in [-0.4, -0.2) is 27.5 Å². The van der Waals surface area contributed by atoms with E-state index < -0.39 is 16.8 Å². The van der Waals surface area contributed by atoms with Crippen LogP contribution in [0.1, 0.15) is 32.8 Å². The van der Waals surface area contributed by atoms with Crippen molar-refractivity contribution in [1.82, 2.24) is 4.98 Å². The Morgan fingerprint density at radius 3 is 2.57 bits per heavy atom. The predicted octanol–water partition coefficient (Wildman–Crippen LogP) is 2.85. The molecule has 2 N–H and O–H groups in total. The van der Waals surface area contributed by atoms with Gasteiger partial charge in [0.1, 0.15) is 12.0 Å². The molecular weight excluding hydrogens is 274 g/mol. The van der Waals surface area contributed by atoms with Crippen molar-refractivity contribution in [3.8, 4) is 0 Å². The highest BCUT2D eigenvalue weighted by molar-refractivity contribution is 5.71. The zero-order chi connectivity index (χ0) is 16.2. The van der Waals surface area contributed by atoms with Crippen molar-refractivity contribution in [2.75, 3.05) is 11.9 Å². The summed E-state index contributed by atoms with van der Waals surface area (Å²) >= 11 is 0. The van der Waals surface area contributed by atoms with E-state index in [9.17, 15) is 20.0 Å². The summed E-state index contributed by atoms with van der Waals surface area (Å²) in [5, 5.41) is 22.9. The SMILES string of the molecule is Cc1cc([N+](=O)[O-])cnc1NCC(CC(C)(C)C)C(=O)O. The number of pyridine rings is 1. The van der Waals surface area contributed by atoms with Gasteiger partial charge in [-0.2, -0.15) is 0 Å². The highest BCUT2D eigenvalue weighted by atomic mass is 16.6. The van der Waals surface area contributed by atoms with Crippen molar-refractivity contribution in [3.63, 3.8) is 0 Å². The molecule has 7 heteroatoms. The van der Waals surface area contributed by atoms with E-state index in [2.05, 4.69) is 10.3 Å². The number of aryl methyl sites for hydroxylation is 1. The van der Waals surface area contributed by atoms with Crippen molar-refractivity contribution in [2.45, 2.75) is 34.1 Å². The fourth-order valence-corrected chi connectivity index (χ4v) is 2.05. The molecule has 0 fully saturated rings. The van der Waals surface area contributed by atoms with Gasteiger partial charge in [0, 0.05) is 12.6 Å². The van der Waals surface area contributed by atoms with Crippen molar-refractivity contribution < 1.29 is 14.8 Å². The van der Waals surface area contributed by atoms with Crippen molar-refractivity contribution in [3.05, 3.63) is 27.9 Å². The number of nitro groups is 1. The molecule has 0 aromatic carbocycles. The lowest BCUT2D eigenvalue weighted by atomic mass is 9.84. The van der Waals surface area contributed by atoms with E-state index in [1.54, 1.807) is 6.92 Å². The molecule has 1 rings (SSSR count). The summed E-state index contributed by atoms with van der Waals surface area (Å²) in [7, 11) is 0. The van der Waals surface area contributed by atoms with Gasteiger partial charge in [-0.05, 0) is 24.3 Å². The monoisotopic (exact) mass is 295 g/mol. The molecule has 116 valence electrons. The van der Waals surface area contributed by atoms with E-state index in [0.29, 0.717) is 17.8 Å². The third-order valence-electron chi connectivity index (χ3n) is 3.00. The highest BCUT2D eigenvalue weighted by Gasteiger charge is 2.24. The number of aliphatic carboxylic acids is 1. The standard InChI is InChI=1S/C14H21N3O4/c1-9-5-11(17(20)21)8-16-12(9)15-7-10(13(18)19)6-14(2,3)4/h5,8,10H,6-7H2,1-4H3,(H,15,16)(H,18,19).